The first-order valence-electron chi connectivity index (χ1n) is 11.5. The zero-order valence-electron chi connectivity index (χ0n) is 19.8. The summed E-state index contributed by atoms with van der Waals surface area (Å²) < 4.78 is 12.8. The van der Waals surface area contributed by atoms with E-state index >= 15 is 0 Å². The van der Waals surface area contributed by atoms with Crippen molar-refractivity contribution in [1.29, 1.82) is 0 Å². The molecule has 0 fully saturated rings. The summed E-state index contributed by atoms with van der Waals surface area (Å²) in [6, 6.07) is 26.0. The van der Waals surface area contributed by atoms with Gasteiger partial charge in [0.2, 0.25) is 5.91 Å². The Morgan fingerprint density at radius 2 is 1.77 bits per heavy atom. The number of hydrazone groups is 1. The number of carbonyl (C=O) groups excluding carboxylic acids is 1. The molecule has 5 nitrogen and oxygen atoms in total. The fourth-order valence-electron chi connectivity index (χ4n) is 3.74. The van der Waals surface area contributed by atoms with Crippen LogP contribution in [0.15, 0.2) is 88.4 Å². The number of aryl methyl sites for hydroxylation is 1. The molecule has 0 radical (unpaired) electrons. The minimum absolute atomic E-state index is 0.177. The Kier molecular flexibility index (Phi) is 8.16. The van der Waals surface area contributed by atoms with E-state index in [9.17, 15) is 4.79 Å². The third kappa shape index (κ3) is 6.49. The zero-order chi connectivity index (χ0) is 24.6. The van der Waals surface area contributed by atoms with E-state index in [4.69, 9.17) is 9.47 Å². The van der Waals surface area contributed by atoms with Crippen LogP contribution in [0.4, 0.5) is 0 Å². The van der Waals surface area contributed by atoms with Gasteiger partial charge in [-0.3, -0.25) is 4.79 Å². The van der Waals surface area contributed by atoms with Gasteiger partial charge in [-0.2, -0.15) is 5.10 Å². The number of benzene rings is 4. The van der Waals surface area contributed by atoms with Crippen molar-refractivity contribution in [1.82, 2.24) is 5.43 Å². The van der Waals surface area contributed by atoms with E-state index in [0.717, 1.165) is 32.1 Å². The zero-order valence-corrected chi connectivity index (χ0v) is 21.3. The number of hydrogen-bond acceptors (Lipinski definition) is 4. The quantitative estimate of drug-likeness (QED) is 0.196. The average Bonchev–Trinajstić information content (AvgIpc) is 2.85. The molecule has 178 valence electrons. The summed E-state index contributed by atoms with van der Waals surface area (Å²) in [5.41, 5.74) is 6.56. The molecule has 0 aliphatic heterocycles. The van der Waals surface area contributed by atoms with Gasteiger partial charge in [0.25, 0.3) is 0 Å². The Morgan fingerprint density at radius 1 is 1.00 bits per heavy atom. The van der Waals surface area contributed by atoms with Gasteiger partial charge in [-0.15, -0.1) is 0 Å². The van der Waals surface area contributed by atoms with E-state index in [1.807, 2.05) is 68.4 Å². The maximum absolute atomic E-state index is 12.2. The van der Waals surface area contributed by atoms with Crippen molar-refractivity contribution in [3.63, 3.8) is 0 Å². The van der Waals surface area contributed by atoms with Gasteiger partial charge >= 0.3 is 0 Å². The third-order valence-corrected chi connectivity index (χ3v) is 6.06. The Bertz CT molecular complexity index is 1340. The van der Waals surface area contributed by atoms with Crippen molar-refractivity contribution < 1.29 is 14.3 Å². The Hall–Kier alpha value is -3.64. The number of fused-ring (bicyclic) bond motifs is 1. The highest BCUT2D eigenvalue weighted by Crippen LogP contribution is 2.37. The Morgan fingerprint density at radius 3 is 2.57 bits per heavy atom. The van der Waals surface area contributed by atoms with E-state index in [0.29, 0.717) is 24.7 Å². The molecule has 0 bridgehead atoms. The normalized spacial score (nSPS) is 11.1. The van der Waals surface area contributed by atoms with Crippen LogP contribution in [0, 0.1) is 6.92 Å². The summed E-state index contributed by atoms with van der Waals surface area (Å²) in [5, 5.41) is 6.45. The highest BCUT2D eigenvalue weighted by Gasteiger charge is 2.13. The summed E-state index contributed by atoms with van der Waals surface area (Å²) in [7, 11) is 0. The highest BCUT2D eigenvalue weighted by atomic mass is 79.9. The molecule has 0 atom stereocenters. The van der Waals surface area contributed by atoms with Gasteiger partial charge in [0.05, 0.1) is 23.7 Å². The van der Waals surface area contributed by atoms with Gasteiger partial charge in [0.1, 0.15) is 6.61 Å². The van der Waals surface area contributed by atoms with E-state index in [-0.39, 0.29) is 12.3 Å². The maximum atomic E-state index is 12.2. The minimum Gasteiger partial charge on any atom is -0.490 e. The van der Waals surface area contributed by atoms with Crippen molar-refractivity contribution in [3.8, 4) is 11.5 Å². The van der Waals surface area contributed by atoms with Crippen molar-refractivity contribution in [3.05, 3.63) is 106 Å². The second kappa shape index (κ2) is 11.7. The number of amides is 1. The standard InChI is InChI=1S/C29H27BrN2O3/c1-3-34-27-16-22(18-31-32-28(33)17-21-13-11-20(2)12-14-21)15-26(30)29(27)35-19-24-9-6-8-23-7-4-5-10-25(23)24/h4-16,18H,3,17,19H2,1-2H3,(H,32,33)/b31-18+. The van der Waals surface area contributed by atoms with Gasteiger partial charge in [0, 0.05) is 0 Å². The molecule has 1 amide bonds. The lowest BCUT2D eigenvalue weighted by atomic mass is 10.1. The second-order valence-corrected chi connectivity index (χ2v) is 9.00. The van der Waals surface area contributed by atoms with Gasteiger partial charge in [-0.1, -0.05) is 72.3 Å². The molecule has 0 aromatic heterocycles. The fourth-order valence-corrected chi connectivity index (χ4v) is 4.32. The van der Waals surface area contributed by atoms with E-state index in [2.05, 4.69) is 50.7 Å². The van der Waals surface area contributed by atoms with Gasteiger partial charge in [-0.25, -0.2) is 5.43 Å². The topological polar surface area (TPSA) is 59.9 Å². The SMILES string of the molecule is CCOc1cc(/C=N/NC(=O)Cc2ccc(C)cc2)cc(Br)c1OCc1cccc2ccccc12. The van der Waals surface area contributed by atoms with Crippen LogP contribution in [-0.2, 0) is 17.8 Å². The number of ether oxygens (including phenoxy) is 2. The number of halogens is 1. The first kappa shape index (κ1) is 24.5. The first-order valence-corrected chi connectivity index (χ1v) is 12.3. The molecule has 6 heteroatoms. The van der Waals surface area contributed by atoms with Crippen LogP contribution in [0.5, 0.6) is 11.5 Å². The highest BCUT2D eigenvalue weighted by molar-refractivity contribution is 9.10. The number of hydrogen-bond donors (Lipinski definition) is 1. The average molecular weight is 531 g/mol. The molecule has 0 saturated carbocycles. The van der Waals surface area contributed by atoms with Gasteiger partial charge in [0.15, 0.2) is 11.5 Å². The van der Waals surface area contributed by atoms with Crippen LogP contribution < -0.4 is 14.9 Å². The molecule has 0 spiro atoms. The van der Waals surface area contributed by atoms with E-state index in [1.165, 1.54) is 5.39 Å². The molecular formula is C29H27BrN2O3. The fraction of sp³-hybridized carbons (Fsp3) is 0.172. The van der Waals surface area contributed by atoms with Crippen LogP contribution in [-0.4, -0.2) is 18.7 Å². The van der Waals surface area contributed by atoms with Gasteiger partial charge in [-0.05, 0) is 69.4 Å². The molecule has 1 N–H and O–H groups in total. The molecule has 0 heterocycles. The monoisotopic (exact) mass is 530 g/mol. The third-order valence-electron chi connectivity index (χ3n) is 5.47. The second-order valence-electron chi connectivity index (χ2n) is 8.15. The largest absolute Gasteiger partial charge is 0.490 e. The summed E-state index contributed by atoms with van der Waals surface area (Å²) in [5.74, 6) is 1.05. The smallest absolute Gasteiger partial charge is 0.244 e. The van der Waals surface area contributed by atoms with Crippen LogP contribution in [0.25, 0.3) is 10.8 Å². The molecular weight excluding hydrogens is 504 g/mol. The van der Waals surface area contributed by atoms with Crippen molar-refractivity contribution in [2.24, 2.45) is 5.10 Å². The lowest BCUT2D eigenvalue weighted by Crippen LogP contribution is -2.19. The molecule has 35 heavy (non-hydrogen) atoms. The van der Waals surface area contributed by atoms with Crippen LogP contribution in [0.3, 0.4) is 0 Å². The Labute approximate surface area is 213 Å². The van der Waals surface area contributed by atoms with E-state index < -0.39 is 0 Å². The van der Waals surface area contributed by atoms with Crippen molar-refractivity contribution in [2.45, 2.75) is 26.9 Å². The van der Waals surface area contributed by atoms with Crippen molar-refractivity contribution >= 4 is 38.8 Å². The molecule has 4 aromatic carbocycles. The first-order chi connectivity index (χ1) is 17.0. The molecule has 0 saturated heterocycles. The van der Waals surface area contributed by atoms with Crippen LogP contribution >= 0.6 is 15.9 Å². The lowest BCUT2D eigenvalue weighted by molar-refractivity contribution is -0.120. The number of rotatable bonds is 9. The molecule has 0 aliphatic carbocycles. The van der Waals surface area contributed by atoms with E-state index in [1.54, 1.807) is 6.21 Å². The summed E-state index contributed by atoms with van der Waals surface area (Å²) in [4.78, 5) is 12.2. The summed E-state index contributed by atoms with van der Waals surface area (Å²) in [6.07, 6.45) is 1.86. The lowest BCUT2D eigenvalue weighted by Gasteiger charge is -2.15. The number of carbonyl (C=O) groups is 1. The number of nitrogens with zero attached hydrogens (tertiary/aromatic N) is 1. The van der Waals surface area contributed by atoms with Crippen LogP contribution in [0.2, 0.25) is 0 Å². The van der Waals surface area contributed by atoms with Crippen molar-refractivity contribution in [2.75, 3.05) is 6.61 Å². The predicted octanol–water partition coefficient (Wildman–Crippen LogP) is 6.58. The molecule has 0 aliphatic rings. The van der Waals surface area contributed by atoms with Crippen LogP contribution in [0.1, 0.15) is 29.2 Å². The summed E-state index contributed by atoms with van der Waals surface area (Å²) in [6.45, 7) is 4.84. The number of nitrogens with one attached hydrogen (secondary N) is 1. The molecule has 0 unspecified atom stereocenters. The predicted molar refractivity (Wildman–Crippen MR) is 144 cm³/mol. The molecule has 4 aromatic rings. The maximum Gasteiger partial charge on any atom is 0.244 e. The molecule has 4 rings (SSSR count). The van der Waals surface area contributed by atoms with Gasteiger partial charge < -0.3 is 9.47 Å². The summed E-state index contributed by atoms with van der Waals surface area (Å²) >= 11 is 3.61. The minimum atomic E-state index is -0.177. The Balaban J connectivity index is 1.45.